The molecular weight excluding hydrogens is 310 g/mol. The molecule has 102 valence electrons. The summed E-state index contributed by atoms with van der Waals surface area (Å²) in [6.07, 6.45) is 0. The first-order valence-corrected chi connectivity index (χ1v) is 7.03. The highest BCUT2D eigenvalue weighted by Crippen LogP contribution is 2.13. The second kappa shape index (κ2) is 6.16. The third-order valence-electron chi connectivity index (χ3n) is 3.27. The molecule has 1 aliphatic heterocycles. The van der Waals surface area contributed by atoms with Crippen molar-refractivity contribution in [2.45, 2.75) is 13.0 Å². The molecule has 0 aliphatic carbocycles. The fraction of sp³-hybridized carbons (Fsp3) is 0.385. The minimum atomic E-state index is -0.241. The Morgan fingerprint density at radius 3 is 2.74 bits per heavy atom. The van der Waals surface area contributed by atoms with E-state index in [2.05, 4.69) is 26.6 Å². The molecule has 2 rings (SSSR count). The maximum absolute atomic E-state index is 12.1. The molecule has 3 N–H and O–H groups in total. The van der Waals surface area contributed by atoms with Crippen LogP contribution in [0.25, 0.3) is 0 Å². The highest BCUT2D eigenvalue weighted by molar-refractivity contribution is 9.10. The second-order valence-corrected chi connectivity index (χ2v) is 5.57. The molecule has 2 atom stereocenters. The Morgan fingerprint density at radius 1 is 1.42 bits per heavy atom. The summed E-state index contributed by atoms with van der Waals surface area (Å²) >= 11 is 3.35. The molecule has 0 bridgehead atoms. The standard InChI is InChI=1S/C13H16BrN3O2/c1-9(17-7-6-15-12(18)8-17)13(19)16-11-4-2-10(14)3-5-11/h2-5,9H,6-8H2,1H3,(H,15,18)(H,16,19)/p+1/t9-/m0/s1. The summed E-state index contributed by atoms with van der Waals surface area (Å²) in [6, 6.07) is 7.19. The molecule has 0 radical (unpaired) electrons. The van der Waals surface area contributed by atoms with E-state index in [0.29, 0.717) is 13.1 Å². The Bertz CT molecular complexity index is 475. The number of rotatable bonds is 3. The van der Waals surface area contributed by atoms with Crippen molar-refractivity contribution in [2.75, 3.05) is 25.0 Å². The van der Waals surface area contributed by atoms with Crippen molar-refractivity contribution in [3.8, 4) is 0 Å². The third-order valence-corrected chi connectivity index (χ3v) is 3.80. The number of hydrogen-bond acceptors (Lipinski definition) is 2. The Morgan fingerprint density at radius 2 is 2.11 bits per heavy atom. The first kappa shape index (κ1) is 14.0. The molecule has 0 aromatic heterocycles. The average Bonchev–Trinajstić information content (AvgIpc) is 2.40. The molecule has 1 fully saturated rings. The Balaban J connectivity index is 1.95. The zero-order valence-corrected chi connectivity index (χ0v) is 12.3. The lowest BCUT2D eigenvalue weighted by molar-refractivity contribution is -0.907. The predicted octanol–water partition coefficient (Wildman–Crippen LogP) is -0.209. The maximum atomic E-state index is 12.1. The van der Waals surface area contributed by atoms with Crippen molar-refractivity contribution < 1.29 is 14.5 Å². The number of benzene rings is 1. The van der Waals surface area contributed by atoms with Crippen molar-refractivity contribution in [1.29, 1.82) is 0 Å². The summed E-state index contributed by atoms with van der Waals surface area (Å²) in [5.41, 5.74) is 0.765. The van der Waals surface area contributed by atoms with Crippen LogP contribution >= 0.6 is 15.9 Å². The number of piperazine rings is 1. The van der Waals surface area contributed by atoms with Gasteiger partial charge in [-0.15, -0.1) is 0 Å². The van der Waals surface area contributed by atoms with Gasteiger partial charge < -0.3 is 15.5 Å². The van der Waals surface area contributed by atoms with Gasteiger partial charge in [0.05, 0.1) is 13.1 Å². The molecule has 2 amide bonds. The topological polar surface area (TPSA) is 62.6 Å². The van der Waals surface area contributed by atoms with Gasteiger partial charge in [0.25, 0.3) is 11.8 Å². The van der Waals surface area contributed by atoms with Gasteiger partial charge >= 0.3 is 0 Å². The molecule has 5 nitrogen and oxygen atoms in total. The van der Waals surface area contributed by atoms with E-state index >= 15 is 0 Å². The minimum Gasteiger partial charge on any atom is -0.346 e. The van der Waals surface area contributed by atoms with Crippen LogP contribution < -0.4 is 15.5 Å². The Hall–Kier alpha value is -1.40. The fourth-order valence-electron chi connectivity index (χ4n) is 2.06. The number of carbonyl (C=O) groups is 2. The zero-order chi connectivity index (χ0) is 13.8. The fourth-order valence-corrected chi connectivity index (χ4v) is 2.32. The highest BCUT2D eigenvalue weighted by atomic mass is 79.9. The minimum absolute atomic E-state index is 0.00421. The molecular formula is C13H17BrN3O2+. The Kier molecular flexibility index (Phi) is 4.55. The first-order valence-electron chi connectivity index (χ1n) is 6.24. The SMILES string of the molecule is C[C@@H](C(=O)Nc1ccc(Br)cc1)[NH+]1CCNC(=O)C1. The number of halogens is 1. The molecule has 1 aromatic carbocycles. The van der Waals surface area contributed by atoms with Crippen LogP contribution in [0.15, 0.2) is 28.7 Å². The van der Waals surface area contributed by atoms with E-state index in [1.807, 2.05) is 31.2 Å². The van der Waals surface area contributed by atoms with E-state index in [1.165, 1.54) is 0 Å². The number of carbonyl (C=O) groups excluding carboxylic acids is 2. The monoisotopic (exact) mass is 326 g/mol. The van der Waals surface area contributed by atoms with Crippen LogP contribution in [0.2, 0.25) is 0 Å². The lowest BCUT2D eigenvalue weighted by Crippen LogP contribution is -3.19. The van der Waals surface area contributed by atoms with Crippen LogP contribution in [0.3, 0.4) is 0 Å². The number of anilines is 1. The van der Waals surface area contributed by atoms with Gasteiger partial charge in [0.1, 0.15) is 0 Å². The summed E-state index contributed by atoms with van der Waals surface area (Å²) in [4.78, 5) is 24.5. The van der Waals surface area contributed by atoms with E-state index < -0.39 is 0 Å². The molecule has 1 unspecified atom stereocenters. The highest BCUT2D eigenvalue weighted by Gasteiger charge is 2.29. The van der Waals surface area contributed by atoms with Gasteiger partial charge in [0.15, 0.2) is 12.6 Å². The third kappa shape index (κ3) is 3.78. The average molecular weight is 327 g/mol. The van der Waals surface area contributed by atoms with Crippen LogP contribution in [-0.4, -0.2) is 37.5 Å². The van der Waals surface area contributed by atoms with Gasteiger partial charge in [-0.05, 0) is 31.2 Å². The number of amides is 2. The maximum Gasteiger partial charge on any atom is 0.282 e. The summed E-state index contributed by atoms with van der Waals surface area (Å²) in [5.74, 6) is -0.0587. The summed E-state index contributed by atoms with van der Waals surface area (Å²) in [5, 5.41) is 5.63. The van der Waals surface area contributed by atoms with E-state index in [9.17, 15) is 9.59 Å². The Labute approximate surface area is 120 Å². The van der Waals surface area contributed by atoms with Gasteiger partial charge in [-0.2, -0.15) is 0 Å². The van der Waals surface area contributed by atoms with Crippen LogP contribution in [-0.2, 0) is 9.59 Å². The van der Waals surface area contributed by atoms with Crippen LogP contribution in [0.1, 0.15) is 6.92 Å². The lowest BCUT2D eigenvalue weighted by Gasteiger charge is -2.28. The van der Waals surface area contributed by atoms with Gasteiger partial charge in [0.2, 0.25) is 0 Å². The van der Waals surface area contributed by atoms with Gasteiger partial charge in [-0.25, -0.2) is 0 Å². The molecule has 1 saturated heterocycles. The predicted molar refractivity (Wildman–Crippen MR) is 75.9 cm³/mol. The lowest BCUT2D eigenvalue weighted by atomic mass is 10.2. The molecule has 0 saturated carbocycles. The van der Waals surface area contributed by atoms with E-state index in [-0.39, 0.29) is 17.9 Å². The van der Waals surface area contributed by atoms with Gasteiger partial charge in [0, 0.05) is 10.2 Å². The number of hydrogen-bond donors (Lipinski definition) is 3. The second-order valence-electron chi connectivity index (χ2n) is 4.65. The van der Waals surface area contributed by atoms with Crippen molar-refractivity contribution in [2.24, 2.45) is 0 Å². The van der Waals surface area contributed by atoms with Gasteiger partial charge in [-0.1, -0.05) is 15.9 Å². The normalized spacial score (nSPS) is 20.5. The summed E-state index contributed by atoms with van der Waals surface area (Å²) in [7, 11) is 0. The van der Waals surface area contributed by atoms with Crippen molar-refractivity contribution in [3.63, 3.8) is 0 Å². The van der Waals surface area contributed by atoms with Crippen molar-refractivity contribution in [3.05, 3.63) is 28.7 Å². The molecule has 19 heavy (non-hydrogen) atoms. The van der Waals surface area contributed by atoms with Gasteiger partial charge in [-0.3, -0.25) is 9.59 Å². The molecule has 1 aliphatic rings. The zero-order valence-electron chi connectivity index (χ0n) is 10.7. The van der Waals surface area contributed by atoms with Crippen LogP contribution in [0.4, 0.5) is 5.69 Å². The van der Waals surface area contributed by atoms with E-state index in [0.717, 1.165) is 21.6 Å². The quantitative estimate of drug-likeness (QED) is 0.720. The molecule has 1 heterocycles. The molecule has 0 spiro atoms. The van der Waals surface area contributed by atoms with Crippen molar-refractivity contribution in [1.82, 2.24) is 5.32 Å². The molecule has 6 heteroatoms. The smallest absolute Gasteiger partial charge is 0.282 e. The van der Waals surface area contributed by atoms with Crippen LogP contribution in [0.5, 0.6) is 0 Å². The van der Waals surface area contributed by atoms with E-state index in [4.69, 9.17) is 0 Å². The largest absolute Gasteiger partial charge is 0.346 e. The summed E-state index contributed by atoms with van der Waals surface area (Å²) < 4.78 is 0.969. The van der Waals surface area contributed by atoms with Crippen molar-refractivity contribution >= 4 is 33.4 Å². The molecule has 1 aromatic rings. The number of nitrogens with one attached hydrogen (secondary N) is 3. The number of quaternary nitrogens is 1. The summed E-state index contributed by atoms with van der Waals surface area (Å²) in [6.45, 7) is 3.61. The van der Waals surface area contributed by atoms with E-state index in [1.54, 1.807) is 0 Å². The van der Waals surface area contributed by atoms with Crippen LogP contribution in [0, 0.1) is 0 Å². The first-order chi connectivity index (χ1) is 9.06.